The Morgan fingerprint density at radius 2 is 2.30 bits per heavy atom. The predicted octanol–water partition coefficient (Wildman–Crippen LogP) is 3.02. The lowest BCUT2D eigenvalue weighted by molar-refractivity contribution is 0.171. The van der Waals surface area contributed by atoms with Crippen LogP contribution in [0.4, 0.5) is 0 Å². The van der Waals surface area contributed by atoms with E-state index in [0.717, 1.165) is 17.1 Å². The predicted molar refractivity (Wildman–Crippen MR) is 82.6 cm³/mol. The number of aromatic nitrogens is 2. The molecular weight excluding hydrogens is 288 g/mol. The molecule has 0 aliphatic carbocycles. The van der Waals surface area contributed by atoms with Gasteiger partial charge in [-0.25, -0.2) is 4.98 Å². The molecule has 1 aliphatic heterocycles. The molecule has 1 aliphatic rings. The highest BCUT2D eigenvalue weighted by Crippen LogP contribution is 2.38. The van der Waals surface area contributed by atoms with Gasteiger partial charge in [0.25, 0.3) is 0 Å². The van der Waals surface area contributed by atoms with Crippen LogP contribution in [-0.4, -0.2) is 25.8 Å². The second-order valence-corrected chi connectivity index (χ2v) is 7.22. The van der Waals surface area contributed by atoms with Gasteiger partial charge >= 0.3 is 0 Å². The Hall–Kier alpha value is -1.30. The first kappa shape index (κ1) is 12.4. The number of imidazole rings is 1. The highest BCUT2D eigenvalue weighted by molar-refractivity contribution is 8.00. The smallest absolute Gasteiger partial charge is 0.193 e. The topological polar surface area (TPSA) is 37.5 Å². The second-order valence-electron chi connectivity index (χ2n) is 5.06. The second kappa shape index (κ2) is 4.91. The Morgan fingerprint density at radius 1 is 1.40 bits per heavy atom. The van der Waals surface area contributed by atoms with Crippen molar-refractivity contribution in [2.75, 3.05) is 0 Å². The highest BCUT2D eigenvalue weighted by atomic mass is 32.2. The number of thiazole rings is 1. The summed E-state index contributed by atoms with van der Waals surface area (Å²) in [6, 6.07) is 8.42. The standard InChI is InChI=1S/C15H14N2OS2/c18-12(8-11-9-17-5-6-19-15(17)16-11)14-7-10-3-1-2-4-13(10)20-14/h1-6,9,12,14,18H,7-8H2. The average Bonchev–Trinajstić information content (AvgIpc) is 3.10. The molecule has 3 nitrogen and oxygen atoms in total. The molecule has 1 N–H and O–H groups in total. The van der Waals surface area contributed by atoms with E-state index in [-0.39, 0.29) is 11.4 Å². The average molecular weight is 302 g/mol. The Bertz CT molecular complexity index is 696. The number of aliphatic hydroxyl groups excluding tert-OH is 1. The minimum Gasteiger partial charge on any atom is -0.392 e. The van der Waals surface area contributed by atoms with Gasteiger partial charge in [-0.2, -0.15) is 0 Å². The summed E-state index contributed by atoms with van der Waals surface area (Å²) in [5, 5.41) is 12.7. The van der Waals surface area contributed by atoms with Gasteiger partial charge in [0.2, 0.25) is 0 Å². The van der Waals surface area contributed by atoms with Crippen LogP contribution >= 0.6 is 23.1 Å². The Morgan fingerprint density at radius 3 is 3.15 bits per heavy atom. The van der Waals surface area contributed by atoms with Crippen LogP contribution in [0.1, 0.15) is 11.3 Å². The number of hydrogen-bond donors (Lipinski definition) is 1. The molecule has 0 radical (unpaired) electrons. The largest absolute Gasteiger partial charge is 0.392 e. The van der Waals surface area contributed by atoms with Gasteiger partial charge in [-0.1, -0.05) is 18.2 Å². The van der Waals surface area contributed by atoms with Crippen LogP contribution in [0, 0.1) is 0 Å². The van der Waals surface area contributed by atoms with E-state index >= 15 is 0 Å². The van der Waals surface area contributed by atoms with Crippen LogP contribution < -0.4 is 0 Å². The van der Waals surface area contributed by atoms with Crippen molar-refractivity contribution in [3.63, 3.8) is 0 Å². The molecule has 20 heavy (non-hydrogen) atoms. The molecule has 0 bridgehead atoms. The van der Waals surface area contributed by atoms with Crippen molar-refractivity contribution < 1.29 is 5.11 Å². The van der Waals surface area contributed by atoms with E-state index < -0.39 is 0 Å². The molecule has 2 aromatic heterocycles. The van der Waals surface area contributed by atoms with E-state index in [1.165, 1.54) is 10.5 Å². The first-order valence-electron chi connectivity index (χ1n) is 6.63. The first-order chi connectivity index (χ1) is 9.79. The zero-order valence-corrected chi connectivity index (χ0v) is 12.4. The van der Waals surface area contributed by atoms with Gasteiger partial charge in [-0.3, -0.25) is 4.40 Å². The van der Waals surface area contributed by atoms with Gasteiger partial charge in [0.05, 0.1) is 11.8 Å². The maximum Gasteiger partial charge on any atom is 0.193 e. The van der Waals surface area contributed by atoms with Crippen LogP contribution in [0.5, 0.6) is 0 Å². The fourth-order valence-electron chi connectivity index (χ4n) is 2.64. The number of aliphatic hydroxyl groups is 1. The van der Waals surface area contributed by atoms with Crippen molar-refractivity contribution in [2.24, 2.45) is 0 Å². The Balaban J connectivity index is 1.49. The molecule has 3 heterocycles. The van der Waals surface area contributed by atoms with Crippen LogP contribution in [-0.2, 0) is 12.8 Å². The summed E-state index contributed by atoms with van der Waals surface area (Å²) in [5.41, 5.74) is 2.33. The van der Waals surface area contributed by atoms with Crippen molar-refractivity contribution in [3.8, 4) is 0 Å². The highest BCUT2D eigenvalue weighted by Gasteiger charge is 2.28. The first-order valence-corrected chi connectivity index (χ1v) is 8.39. The fourth-order valence-corrected chi connectivity index (χ4v) is 4.66. The molecule has 5 heteroatoms. The SMILES string of the molecule is OC(Cc1cn2ccsc2n1)C1Cc2ccccc2S1. The summed E-state index contributed by atoms with van der Waals surface area (Å²) >= 11 is 3.41. The molecule has 0 saturated carbocycles. The number of rotatable bonds is 3. The zero-order valence-electron chi connectivity index (χ0n) is 10.8. The van der Waals surface area contributed by atoms with Crippen LogP contribution in [0.2, 0.25) is 0 Å². The summed E-state index contributed by atoms with van der Waals surface area (Å²) in [7, 11) is 0. The molecule has 4 rings (SSSR count). The van der Waals surface area contributed by atoms with E-state index in [2.05, 4.69) is 29.2 Å². The molecule has 3 aromatic rings. The number of benzene rings is 1. The summed E-state index contributed by atoms with van der Waals surface area (Å²) in [4.78, 5) is 6.85. The lowest BCUT2D eigenvalue weighted by Gasteiger charge is -2.15. The van der Waals surface area contributed by atoms with Gasteiger partial charge in [-0.05, 0) is 18.1 Å². The molecular formula is C15H14N2OS2. The van der Waals surface area contributed by atoms with Gasteiger partial charge in [-0.15, -0.1) is 23.1 Å². The van der Waals surface area contributed by atoms with Crippen molar-refractivity contribution in [3.05, 3.63) is 53.3 Å². The molecule has 0 fully saturated rings. The Kier molecular flexibility index (Phi) is 3.06. The van der Waals surface area contributed by atoms with Crippen molar-refractivity contribution >= 4 is 28.1 Å². The van der Waals surface area contributed by atoms with Crippen LogP contribution in [0.3, 0.4) is 0 Å². The Labute approximate surface area is 125 Å². The van der Waals surface area contributed by atoms with E-state index in [1.807, 2.05) is 22.2 Å². The minimum atomic E-state index is -0.350. The maximum atomic E-state index is 10.5. The number of thioether (sulfide) groups is 1. The molecule has 0 amide bonds. The van der Waals surface area contributed by atoms with Gasteiger partial charge in [0.15, 0.2) is 4.96 Å². The molecule has 102 valence electrons. The van der Waals surface area contributed by atoms with Gasteiger partial charge < -0.3 is 5.11 Å². The summed E-state index contributed by atoms with van der Waals surface area (Å²) in [5.74, 6) is 0. The van der Waals surface area contributed by atoms with Gasteiger partial charge in [0, 0.05) is 34.3 Å². The quantitative estimate of drug-likeness (QED) is 0.808. The molecule has 2 atom stereocenters. The summed E-state index contributed by atoms with van der Waals surface area (Å²) in [6.07, 6.45) is 5.24. The van der Waals surface area contributed by atoms with Crippen molar-refractivity contribution in [2.45, 2.75) is 29.1 Å². The van der Waals surface area contributed by atoms with E-state index in [9.17, 15) is 5.11 Å². The van der Waals surface area contributed by atoms with E-state index in [1.54, 1.807) is 23.1 Å². The number of nitrogens with zero attached hydrogens (tertiary/aromatic N) is 2. The lowest BCUT2D eigenvalue weighted by Crippen LogP contribution is -2.25. The lowest BCUT2D eigenvalue weighted by atomic mass is 10.0. The normalized spacial score (nSPS) is 19.4. The molecule has 0 saturated heterocycles. The minimum absolute atomic E-state index is 0.243. The third-order valence-electron chi connectivity index (χ3n) is 3.66. The molecule has 2 unspecified atom stereocenters. The third-order valence-corrected chi connectivity index (χ3v) is 5.87. The van der Waals surface area contributed by atoms with Crippen molar-refractivity contribution in [1.29, 1.82) is 0 Å². The van der Waals surface area contributed by atoms with E-state index in [4.69, 9.17) is 0 Å². The zero-order chi connectivity index (χ0) is 13.5. The van der Waals surface area contributed by atoms with Gasteiger partial charge in [0.1, 0.15) is 0 Å². The molecule has 0 spiro atoms. The van der Waals surface area contributed by atoms with E-state index in [0.29, 0.717) is 6.42 Å². The van der Waals surface area contributed by atoms with Crippen molar-refractivity contribution in [1.82, 2.24) is 9.38 Å². The third kappa shape index (κ3) is 2.16. The number of hydrogen-bond acceptors (Lipinski definition) is 4. The fraction of sp³-hybridized carbons (Fsp3) is 0.267. The maximum absolute atomic E-state index is 10.5. The van der Waals surface area contributed by atoms with Crippen LogP contribution in [0.25, 0.3) is 4.96 Å². The number of fused-ring (bicyclic) bond motifs is 2. The summed E-state index contributed by atoms with van der Waals surface area (Å²) in [6.45, 7) is 0. The van der Waals surface area contributed by atoms with Crippen LogP contribution in [0.15, 0.2) is 46.9 Å². The summed E-state index contributed by atoms with van der Waals surface area (Å²) < 4.78 is 2.02. The molecule has 1 aromatic carbocycles. The monoisotopic (exact) mass is 302 g/mol.